The third kappa shape index (κ3) is 8.74. The van der Waals surface area contributed by atoms with Gasteiger partial charge in [0, 0.05) is 24.6 Å². The highest BCUT2D eigenvalue weighted by Gasteiger charge is 2.14. The molecule has 0 aliphatic carbocycles. The number of carbonyl (C=O) groups excluding carboxylic acids is 2. The van der Waals surface area contributed by atoms with Gasteiger partial charge in [-0.05, 0) is 6.42 Å². The van der Waals surface area contributed by atoms with Gasteiger partial charge in [0.25, 0.3) is 0 Å². The fourth-order valence-corrected chi connectivity index (χ4v) is 2.00. The van der Waals surface area contributed by atoms with E-state index in [1.54, 1.807) is 6.92 Å². The molecular weight excluding hydrogens is 242 g/mol. The lowest BCUT2D eigenvalue weighted by Gasteiger charge is -2.13. The van der Waals surface area contributed by atoms with Gasteiger partial charge < -0.3 is 10.4 Å². The van der Waals surface area contributed by atoms with Crippen LogP contribution in [0.5, 0.6) is 0 Å². The van der Waals surface area contributed by atoms with Crippen molar-refractivity contribution in [2.45, 2.75) is 44.8 Å². The Kier molecular flexibility index (Phi) is 8.49. The SMILES string of the molecule is CCC(=O)NCC(CC)SC(=O)CCC(=O)O. The van der Waals surface area contributed by atoms with E-state index in [4.69, 9.17) is 5.11 Å². The Morgan fingerprint density at radius 3 is 2.35 bits per heavy atom. The molecule has 98 valence electrons. The van der Waals surface area contributed by atoms with Gasteiger partial charge in [-0.1, -0.05) is 25.6 Å². The number of nitrogens with one attached hydrogen (secondary N) is 1. The van der Waals surface area contributed by atoms with Gasteiger partial charge >= 0.3 is 5.97 Å². The Balaban J connectivity index is 3.91. The Hall–Kier alpha value is -1.04. The molecule has 6 heteroatoms. The van der Waals surface area contributed by atoms with Gasteiger partial charge in [-0.15, -0.1) is 0 Å². The van der Waals surface area contributed by atoms with Crippen molar-refractivity contribution in [2.24, 2.45) is 0 Å². The van der Waals surface area contributed by atoms with E-state index in [-0.39, 0.29) is 29.1 Å². The number of hydrogen-bond acceptors (Lipinski definition) is 4. The predicted octanol–water partition coefficient (Wildman–Crippen LogP) is 1.42. The second-order valence-corrected chi connectivity index (χ2v) is 4.93. The number of aliphatic carboxylic acids is 1. The molecule has 0 aliphatic heterocycles. The van der Waals surface area contributed by atoms with Crippen LogP contribution in [0.3, 0.4) is 0 Å². The summed E-state index contributed by atoms with van der Waals surface area (Å²) in [5.41, 5.74) is 0. The molecule has 0 bridgehead atoms. The summed E-state index contributed by atoms with van der Waals surface area (Å²) in [4.78, 5) is 32.8. The van der Waals surface area contributed by atoms with Crippen LogP contribution in [0.2, 0.25) is 0 Å². The standard InChI is InChI=1S/C11H19NO4S/c1-3-8(7-12-9(13)4-2)17-11(16)6-5-10(14)15/h8H,3-7H2,1-2H3,(H,12,13)(H,14,15). The van der Waals surface area contributed by atoms with Gasteiger partial charge in [0.2, 0.25) is 5.91 Å². The Labute approximate surface area is 105 Å². The first-order valence-electron chi connectivity index (χ1n) is 5.67. The Morgan fingerprint density at radius 1 is 1.24 bits per heavy atom. The van der Waals surface area contributed by atoms with Crippen LogP contribution in [-0.2, 0) is 14.4 Å². The predicted molar refractivity (Wildman–Crippen MR) is 66.8 cm³/mol. The highest BCUT2D eigenvalue weighted by atomic mass is 32.2. The minimum atomic E-state index is -0.966. The molecule has 0 radical (unpaired) electrons. The summed E-state index contributed by atoms with van der Waals surface area (Å²) in [7, 11) is 0. The summed E-state index contributed by atoms with van der Waals surface area (Å²) in [6.07, 6.45) is 1.09. The van der Waals surface area contributed by atoms with Crippen LogP contribution in [0.1, 0.15) is 39.5 Å². The first-order valence-corrected chi connectivity index (χ1v) is 6.55. The zero-order valence-electron chi connectivity index (χ0n) is 10.2. The van der Waals surface area contributed by atoms with Gasteiger partial charge in [-0.3, -0.25) is 14.4 Å². The van der Waals surface area contributed by atoms with Crippen molar-refractivity contribution in [3.8, 4) is 0 Å². The van der Waals surface area contributed by atoms with Crippen molar-refractivity contribution in [1.29, 1.82) is 0 Å². The number of carbonyl (C=O) groups is 3. The maximum atomic E-state index is 11.4. The summed E-state index contributed by atoms with van der Waals surface area (Å²) in [5, 5.41) is 11.1. The van der Waals surface area contributed by atoms with E-state index in [1.165, 1.54) is 0 Å². The van der Waals surface area contributed by atoms with Crippen molar-refractivity contribution >= 4 is 28.8 Å². The number of thioether (sulfide) groups is 1. The topological polar surface area (TPSA) is 83.5 Å². The van der Waals surface area contributed by atoms with Crippen LogP contribution in [0, 0.1) is 0 Å². The summed E-state index contributed by atoms with van der Waals surface area (Å²) in [6, 6.07) is 0. The van der Waals surface area contributed by atoms with Crippen molar-refractivity contribution in [2.75, 3.05) is 6.54 Å². The van der Waals surface area contributed by atoms with Crippen molar-refractivity contribution < 1.29 is 19.5 Å². The van der Waals surface area contributed by atoms with Gasteiger partial charge in [-0.2, -0.15) is 0 Å². The molecule has 1 amide bonds. The van der Waals surface area contributed by atoms with Gasteiger partial charge in [0.05, 0.1) is 6.42 Å². The zero-order valence-corrected chi connectivity index (χ0v) is 11.0. The van der Waals surface area contributed by atoms with E-state index in [1.807, 2.05) is 6.92 Å². The quantitative estimate of drug-likeness (QED) is 0.690. The minimum absolute atomic E-state index is 0.0202. The van der Waals surface area contributed by atoms with Crippen LogP contribution < -0.4 is 5.32 Å². The molecule has 0 rings (SSSR count). The second kappa shape index (κ2) is 9.04. The monoisotopic (exact) mass is 261 g/mol. The number of carboxylic acids is 1. The average Bonchev–Trinajstić information content (AvgIpc) is 2.31. The van der Waals surface area contributed by atoms with E-state index >= 15 is 0 Å². The lowest BCUT2D eigenvalue weighted by atomic mass is 10.3. The molecule has 0 saturated carbocycles. The normalized spacial score (nSPS) is 11.9. The van der Waals surface area contributed by atoms with Crippen LogP contribution in [0.4, 0.5) is 0 Å². The zero-order chi connectivity index (χ0) is 13.3. The van der Waals surface area contributed by atoms with Crippen LogP contribution in [0.15, 0.2) is 0 Å². The minimum Gasteiger partial charge on any atom is -0.481 e. The van der Waals surface area contributed by atoms with Gasteiger partial charge in [-0.25, -0.2) is 0 Å². The fourth-order valence-electron chi connectivity index (χ4n) is 1.08. The molecular formula is C11H19NO4S. The molecule has 1 unspecified atom stereocenters. The highest BCUT2D eigenvalue weighted by Crippen LogP contribution is 2.17. The van der Waals surface area contributed by atoms with Gasteiger partial charge in [0.15, 0.2) is 5.12 Å². The van der Waals surface area contributed by atoms with Crippen LogP contribution >= 0.6 is 11.8 Å². The Morgan fingerprint density at radius 2 is 1.88 bits per heavy atom. The highest BCUT2D eigenvalue weighted by molar-refractivity contribution is 8.14. The van der Waals surface area contributed by atoms with Crippen molar-refractivity contribution in [1.82, 2.24) is 5.32 Å². The summed E-state index contributed by atoms with van der Waals surface area (Å²) >= 11 is 1.12. The second-order valence-electron chi connectivity index (χ2n) is 3.57. The maximum Gasteiger partial charge on any atom is 0.303 e. The first-order chi connectivity index (χ1) is 7.99. The lowest BCUT2D eigenvalue weighted by molar-refractivity contribution is -0.138. The third-order valence-corrected chi connectivity index (χ3v) is 3.44. The van der Waals surface area contributed by atoms with E-state index in [9.17, 15) is 14.4 Å². The lowest BCUT2D eigenvalue weighted by Crippen LogP contribution is -2.30. The first kappa shape index (κ1) is 16.0. The van der Waals surface area contributed by atoms with Gasteiger partial charge in [0.1, 0.15) is 0 Å². The molecule has 0 aliphatic rings. The smallest absolute Gasteiger partial charge is 0.303 e. The van der Waals surface area contributed by atoms with E-state index in [0.29, 0.717) is 13.0 Å². The third-order valence-electron chi connectivity index (χ3n) is 2.14. The average molecular weight is 261 g/mol. The molecule has 5 nitrogen and oxygen atoms in total. The van der Waals surface area contributed by atoms with Crippen LogP contribution in [-0.4, -0.2) is 33.9 Å². The molecule has 0 aromatic carbocycles. The molecule has 1 atom stereocenters. The molecule has 0 fully saturated rings. The van der Waals surface area contributed by atoms with Crippen molar-refractivity contribution in [3.63, 3.8) is 0 Å². The largest absolute Gasteiger partial charge is 0.481 e. The Bertz CT molecular complexity index is 281. The fraction of sp³-hybridized carbons (Fsp3) is 0.727. The van der Waals surface area contributed by atoms with Crippen LogP contribution in [0.25, 0.3) is 0 Å². The molecule has 2 N–H and O–H groups in total. The molecule has 0 aromatic heterocycles. The summed E-state index contributed by atoms with van der Waals surface area (Å²) < 4.78 is 0. The molecule has 0 heterocycles. The molecule has 17 heavy (non-hydrogen) atoms. The van der Waals surface area contributed by atoms with E-state index < -0.39 is 5.97 Å². The summed E-state index contributed by atoms with van der Waals surface area (Å²) in [5.74, 6) is -1.01. The maximum absolute atomic E-state index is 11.4. The number of carboxylic acid groups (broad SMARTS) is 1. The molecule has 0 aromatic rings. The molecule has 0 saturated heterocycles. The number of hydrogen-bond donors (Lipinski definition) is 2. The van der Waals surface area contributed by atoms with E-state index in [2.05, 4.69) is 5.32 Å². The summed E-state index contributed by atoms with van der Waals surface area (Å²) in [6.45, 7) is 4.15. The number of rotatable bonds is 8. The van der Waals surface area contributed by atoms with Crippen molar-refractivity contribution in [3.05, 3.63) is 0 Å². The molecule has 0 spiro atoms. The van der Waals surface area contributed by atoms with E-state index in [0.717, 1.165) is 18.2 Å². The number of amides is 1.